The Morgan fingerprint density at radius 1 is 1.02 bits per heavy atom. The molecule has 3 aromatic rings. The molecule has 2 amide bonds. The Hall–Kier alpha value is -4.67. The van der Waals surface area contributed by atoms with Gasteiger partial charge in [0.2, 0.25) is 5.91 Å². The topological polar surface area (TPSA) is 114 Å². The lowest BCUT2D eigenvalue weighted by molar-refractivity contribution is -0.135. The minimum atomic E-state index is -0.809. The molecule has 11 heteroatoms. The van der Waals surface area contributed by atoms with E-state index in [0.29, 0.717) is 49.6 Å². The van der Waals surface area contributed by atoms with Gasteiger partial charge in [-0.1, -0.05) is 23.7 Å². The summed E-state index contributed by atoms with van der Waals surface area (Å²) in [6, 6.07) is 18.0. The van der Waals surface area contributed by atoms with Crippen molar-refractivity contribution in [3.8, 4) is 17.9 Å². The molecule has 5 rings (SSSR count). The highest BCUT2D eigenvalue weighted by Gasteiger charge is 2.42. The summed E-state index contributed by atoms with van der Waals surface area (Å²) in [5, 5.41) is 18.6. The van der Waals surface area contributed by atoms with Gasteiger partial charge < -0.3 is 19.4 Å². The number of aromatic nitrogens is 1. The third kappa shape index (κ3) is 6.14. The molecule has 2 aliphatic heterocycles. The first-order valence-electron chi connectivity index (χ1n) is 13.6. The molecule has 42 heavy (non-hydrogen) atoms. The molecule has 0 spiro atoms. The summed E-state index contributed by atoms with van der Waals surface area (Å²) in [6.07, 6.45) is 2.09. The summed E-state index contributed by atoms with van der Waals surface area (Å²) in [5.74, 6) is -0.655. The van der Waals surface area contributed by atoms with Crippen LogP contribution in [0.2, 0.25) is 5.02 Å². The zero-order valence-electron chi connectivity index (χ0n) is 22.9. The summed E-state index contributed by atoms with van der Waals surface area (Å²) in [4.78, 5) is 36.6. The van der Waals surface area contributed by atoms with Crippen molar-refractivity contribution in [2.75, 3.05) is 38.1 Å². The average Bonchev–Trinajstić information content (AvgIpc) is 3.47. The van der Waals surface area contributed by atoms with E-state index in [1.807, 2.05) is 24.3 Å². The lowest BCUT2D eigenvalue weighted by Crippen LogP contribution is -2.45. The molecule has 2 aliphatic rings. The number of benzene rings is 2. The number of amides is 2. The van der Waals surface area contributed by atoms with Gasteiger partial charge >= 0.3 is 6.09 Å². The number of anilines is 1. The number of nitriles is 2. The SMILES string of the molecule is CN(C(=O)Oc1ccc(C#N)cc1F)[C@@H]1CN(C(=O)C2CCN(c3ccc(C#N)cn3)CC2)C[C@H]1c1ccc(Cl)cc1. The van der Waals surface area contributed by atoms with Gasteiger partial charge in [0.25, 0.3) is 0 Å². The first-order valence-corrected chi connectivity index (χ1v) is 13.9. The van der Waals surface area contributed by atoms with Gasteiger partial charge in [0.15, 0.2) is 11.6 Å². The number of carbonyl (C=O) groups is 2. The molecule has 1 aromatic heterocycles. The van der Waals surface area contributed by atoms with Crippen molar-refractivity contribution < 1.29 is 18.7 Å². The molecule has 2 aromatic carbocycles. The van der Waals surface area contributed by atoms with E-state index < -0.39 is 18.0 Å². The number of rotatable bonds is 5. The monoisotopic (exact) mass is 586 g/mol. The number of ether oxygens (including phenoxy) is 1. The van der Waals surface area contributed by atoms with Gasteiger partial charge in [-0.25, -0.2) is 14.2 Å². The van der Waals surface area contributed by atoms with Crippen LogP contribution in [0.25, 0.3) is 0 Å². The van der Waals surface area contributed by atoms with E-state index in [2.05, 4.69) is 16.0 Å². The van der Waals surface area contributed by atoms with Crippen LogP contribution < -0.4 is 9.64 Å². The largest absolute Gasteiger partial charge is 0.415 e. The number of hydrogen-bond donors (Lipinski definition) is 0. The Balaban J connectivity index is 1.28. The first kappa shape index (κ1) is 28.8. The van der Waals surface area contributed by atoms with Gasteiger partial charge in [0.1, 0.15) is 11.9 Å². The first-order chi connectivity index (χ1) is 20.3. The van der Waals surface area contributed by atoms with Gasteiger partial charge in [-0.3, -0.25) is 4.79 Å². The van der Waals surface area contributed by atoms with Crippen LogP contribution in [0.15, 0.2) is 60.8 Å². The van der Waals surface area contributed by atoms with Crippen LogP contribution in [0.3, 0.4) is 0 Å². The van der Waals surface area contributed by atoms with Gasteiger partial charge in [-0.05, 0) is 60.9 Å². The second kappa shape index (κ2) is 12.5. The number of hydrogen-bond acceptors (Lipinski definition) is 7. The fourth-order valence-corrected chi connectivity index (χ4v) is 5.73. The summed E-state index contributed by atoms with van der Waals surface area (Å²) in [6.45, 7) is 2.03. The quantitative estimate of drug-likeness (QED) is 0.415. The minimum Gasteiger partial charge on any atom is -0.407 e. The fraction of sp³-hybridized carbons (Fsp3) is 0.323. The second-order valence-corrected chi connectivity index (χ2v) is 10.9. The number of nitrogens with zero attached hydrogens (tertiary/aromatic N) is 6. The summed E-state index contributed by atoms with van der Waals surface area (Å²) >= 11 is 6.12. The Morgan fingerprint density at radius 3 is 2.33 bits per heavy atom. The molecule has 2 atom stereocenters. The van der Waals surface area contributed by atoms with Crippen molar-refractivity contribution in [3.05, 3.63) is 88.3 Å². The maximum atomic E-state index is 14.4. The molecule has 3 heterocycles. The normalized spacial score (nSPS) is 18.7. The van der Waals surface area contributed by atoms with E-state index >= 15 is 0 Å². The average molecular weight is 587 g/mol. The van der Waals surface area contributed by atoms with Crippen molar-refractivity contribution in [1.82, 2.24) is 14.8 Å². The lowest BCUT2D eigenvalue weighted by Gasteiger charge is -2.34. The number of piperidine rings is 1. The van der Waals surface area contributed by atoms with Crippen LogP contribution >= 0.6 is 11.6 Å². The van der Waals surface area contributed by atoms with E-state index in [9.17, 15) is 14.0 Å². The summed E-state index contributed by atoms with van der Waals surface area (Å²) in [5.41, 5.74) is 1.54. The number of carbonyl (C=O) groups excluding carboxylic acids is 2. The molecule has 0 bridgehead atoms. The molecule has 214 valence electrons. The third-order valence-corrected chi connectivity index (χ3v) is 8.24. The number of pyridine rings is 1. The molecule has 0 unspecified atom stereocenters. The molecule has 0 radical (unpaired) electrons. The van der Waals surface area contributed by atoms with Crippen LogP contribution in [0.5, 0.6) is 5.75 Å². The maximum absolute atomic E-state index is 14.4. The predicted octanol–water partition coefficient (Wildman–Crippen LogP) is 4.96. The van der Waals surface area contributed by atoms with Crippen LogP contribution in [0.4, 0.5) is 15.0 Å². The Bertz CT molecular complexity index is 1540. The lowest BCUT2D eigenvalue weighted by atomic mass is 9.93. The fourth-order valence-electron chi connectivity index (χ4n) is 5.60. The third-order valence-electron chi connectivity index (χ3n) is 7.99. The van der Waals surface area contributed by atoms with E-state index in [4.69, 9.17) is 26.9 Å². The van der Waals surface area contributed by atoms with Gasteiger partial charge in [0, 0.05) is 56.3 Å². The van der Waals surface area contributed by atoms with Crippen molar-refractivity contribution in [2.45, 2.75) is 24.8 Å². The van der Waals surface area contributed by atoms with Crippen LogP contribution in [-0.4, -0.2) is 66.1 Å². The zero-order chi connectivity index (χ0) is 29.8. The van der Waals surface area contributed by atoms with Gasteiger partial charge in [0.05, 0.1) is 23.2 Å². The van der Waals surface area contributed by atoms with Crippen LogP contribution in [0, 0.1) is 34.4 Å². The van der Waals surface area contributed by atoms with Crippen molar-refractivity contribution in [1.29, 1.82) is 10.5 Å². The standard InChI is InChI=1S/C31H28ClFN6O3/c1-37(31(41)42-28-8-2-20(15-34)14-26(28)33)27-19-39(18-25(27)22-4-6-24(32)7-5-22)30(40)23-10-12-38(13-11-23)29-9-3-21(16-35)17-36-29/h2-9,14,17,23,25,27H,10-13,18-19H2,1H3/t25-,27+/m0/s1. The van der Waals surface area contributed by atoms with Gasteiger partial charge in [-0.2, -0.15) is 10.5 Å². The molecule has 2 fully saturated rings. The summed E-state index contributed by atoms with van der Waals surface area (Å²) < 4.78 is 19.8. The number of halogens is 2. The molecule has 0 N–H and O–H groups in total. The predicted molar refractivity (Wildman–Crippen MR) is 153 cm³/mol. The Kier molecular flexibility index (Phi) is 8.56. The second-order valence-electron chi connectivity index (χ2n) is 10.5. The molecule has 2 saturated heterocycles. The van der Waals surface area contributed by atoms with E-state index in [1.165, 1.54) is 17.0 Å². The Labute approximate surface area is 248 Å². The highest BCUT2D eigenvalue weighted by molar-refractivity contribution is 6.30. The van der Waals surface area contributed by atoms with Crippen molar-refractivity contribution in [2.24, 2.45) is 5.92 Å². The summed E-state index contributed by atoms with van der Waals surface area (Å²) in [7, 11) is 1.58. The van der Waals surface area contributed by atoms with E-state index in [-0.39, 0.29) is 29.1 Å². The van der Waals surface area contributed by atoms with Crippen molar-refractivity contribution >= 4 is 29.4 Å². The highest BCUT2D eigenvalue weighted by atomic mass is 35.5. The zero-order valence-corrected chi connectivity index (χ0v) is 23.7. The van der Waals surface area contributed by atoms with Gasteiger partial charge in [-0.15, -0.1) is 0 Å². The molecule has 0 aliphatic carbocycles. The van der Waals surface area contributed by atoms with Crippen LogP contribution in [0.1, 0.15) is 35.4 Å². The van der Waals surface area contributed by atoms with E-state index in [1.54, 1.807) is 36.3 Å². The smallest absolute Gasteiger partial charge is 0.407 e. The number of likely N-dealkylation sites (tertiary alicyclic amines) is 1. The van der Waals surface area contributed by atoms with Crippen LogP contribution in [-0.2, 0) is 4.79 Å². The molecule has 9 nitrogen and oxygen atoms in total. The maximum Gasteiger partial charge on any atom is 0.415 e. The minimum absolute atomic E-state index is 0.0313. The molecular formula is C31H28ClFN6O3. The number of likely N-dealkylation sites (N-methyl/N-ethyl adjacent to an activating group) is 1. The van der Waals surface area contributed by atoms with E-state index in [0.717, 1.165) is 17.4 Å². The Morgan fingerprint density at radius 2 is 1.71 bits per heavy atom. The molecular weight excluding hydrogens is 559 g/mol. The molecule has 0 saturated carbocycles. The highest BCUT2D eigenvalue weighted by Crippen LogP contribution is 2.34. The van der Waals surface area contributed by atoms with Crippen molar-refractivity contribution in [3.63, 3.8) is 0 Å².